The molecule has 1 aliphatic rings. The Morgan fingerprint density at radius 2 is 2.29 bits per heavy atom. The molecule has 2 amide bonds. The summed E-state index contributed by atoms with van der Waals surface area (Å²) in [6.45, 7) is 0.506. The number of nitrogens with one attached hydrogen (secondary N) is 1. The number of likely N-dealkylation sites (tertiary alicyclic amines) is 1. The molecule has 0 radical (unpaired) electrons. The highest BCUT2D eigenvalue weighted by Gasteiger charge is 2.30. The number of amides is 2. The lowest BCUT2D eigenvalue weighted by molar-refractivity contribution is -0.137. The van der Waals surface area contributed by atoms with Crippen LogP contribution in [0, 0.1) is 11.3 Å². The SMILES string of the molecule is N#Cc1ccc(Cl)cc1NC(=O)N1CCCC1CC(=O)O. The van der Waals surface area contributed by atoms with E-state index in [0.717, 1.165) is 6.42 Å². The van der Waals surface area contributed by atoms with Crippen molar-refractivity contribution in [2.45, 2.75) is 25.3 Å². The second-order valence-corrected chi connectivity index (χ2v) is 5.26. The summed E-state index contributed by atoms with van der Waals surface area (Å²) in [5.74, 6) is -0.930. The third kappa shape index (κ3) is 3.64. The highest BCUT2D eigenvalue weighted by atomic mass is 35.5. The van der Waals surface area contributed by atoms with Crippen LogP contribution in [0.2, 0.25) is 5.02 Å². The molecule has 1 saturated heterocycles. The molecule has 1 aromatic carbocycles. The Balaban J connectivity index is 2.13. The maximum Gasteiger partial charge on any atom is 0.322 e. The second kappa shape index (κ2) is 6.46. The van der Waals surface area contributed by atoms with Gasteiger partial charge in [0.1, 0.15) is 6.07 Å². The van der Waals surface area contributed by atoms with Crippen LogP contribution in [0.5, 0.6) is 0 Å². The van der Waals surface area contributed by atoms with Gasteiger partial charge in [-0.1, -0.05) is 11.6 Å². The molecule has 1 atom stereocenters. The van der Waals surface area contributed by atoms with E-state index in [-0.39, 0.29) is 12.5 Å². The zero-order valence-corrected chi connectivity index (χ0v) is 11.9. The van der Waals surface area contributed by atoms with Gasteiger partial charge in [0.25, 0.3) is 0 Å². The Morgan fingerprint density at radius 3 is 2.95 bits per heavy atom. The second-order valence-electron chi connectivity index (χ2n) is 4.82. The summed E-state index contributed by atoms with van der Waals surface area (Å²) in [6, 6.07) is 5.85. The van der Waals surface area contributed by atoms with E-state index < -0.39 is 12.0 Å². The molecular formula is C14H14ClN3O3. The lowest BCUT2D eigenvalue weighted by Gasteiger charge is -2.24. The smallest absolute Gasteiger partial charge is 0.322 e. The number of aliphatic carboxylic acids is 1. The predicted molar refractivity (Wildman–Crippen MR) is 77.2 cm³/mol. The summed E-state index contributed by atoms with van der Waals surface area (Å²) < 4.78 is 0. The molecule has 1 aromatic rings. The summed E-state index contributed by atoms with van der Waals surface area (Å²) in [5, 5.41) is 20.9. The van der Waals surface area contributed by atoms with E-state index in [1.165, 1.54) is 17.0 Å². The highest BCUT2D eigenvalue weighted by molar-refractivity contribution is 6.31. The van der Waals surface area contributed by atoms with Crippen molar-refractivity contribution in [1.29, 1.82) is 5.26 Å². The quantitative estimate of drug-likeness (QED) is 0.897. The van der Waals surface area contributed by atoms with Crippen LogP contribution in [-0.2, 0) is 4.79 Å². The fraction of sp³-hybridized carbons (Fsp3) is 0.357. The summed E-state index contributed by atoms with van der Waals surface area (Å²) in [4.78, 5) is 24.6. The van der Waals surface area contributed by atoms with Crippen molar-refractivity contribution in [3.63, 3.8) is 0 Å². The molecule has 0 aromatic heterocycles. The first kappa shape index (κ1) is 15.1. The van der Waals surface area contributed by atoms with Gasteiger partial charge in [-0.15, -0.1) is 0 Å². The normalized spacial score (nSPS) is 17.3. The Morgan fingerprint density at radius 1 is 1.52 bits per heavy atom. The first-order valence-electron chi connectivity index (χ1n) is 6.50. The lowest BCUT2D eigenvalue weighted by Crippen LogP contribution is -2.39. The molecule has 1 unspecified atom stereocenters. The minimum Gasteiger partial charge on any atom is -0.481 e. The molecule has 2 rings (SSSR count). The van der Waals surface area contributed by atoms with E-state index in [4.69, 9.17) is 22.0 Å². The standard InChI is InChI=1S/C14H14ClN3O3/c15-10-4-3-9(8-16)12(6-10)17-14(21)18-5-1-2-11(18)7-13(19)20/h3-4,6,11H,1-2,5,7H2,(H,17,21)(H,19,20). The molecule has 2 N–H and O–H groups in total. The molecular weight excluding hydrogens is 294 g/mol. The van der Waals surface area contributed by atoms with Gasteiger partial charge < -0.3 is 15.3 Å². The van der Waals surface area contributed by atoms with E-state index in [9.17, 15) is 9.59 Å². The van der Waals surface area contributed by atoms with Gasteiger partial charge in [0, 0.05) is 17.6 Å². The van der Waals surface area contributed by atoms with Crippen LogP contribution < -0.4 is 5.32 Å². The van der Waals surface area contributed by atoms with Gasteiger partial charge in [-0.05, 0) is 31.0 Å². The van der Waals surface area contributed by atoms with E-state index in [1.54, 1.807) is 6.07 Å². The first-order valence-corrected chi connectivity index (χ1v) is 6.88. The fourth-order valence-corrected chi connectivity index (χ4v) is 2.59. The van der Waals surface area contributed by atoms with Crippen molar-refractivity contribution in [1.82, 2.24) is 4.90 Å². The maximum absolute atomic E-state index is 12.3. The molecule has 0 spiro atoms. The number of nitriles is 1. The Hall–Kier alpha value is -2.26. The summed E-state index contributed by atoms with van der Waals surface area (Å²) in [5.41, 5.74) is 0.637. The van der Waals surface area contributed by atoms with Crippen molar-refractivity contribution in [2.24, 2.45) is 0 Å². The summed E-state index contributed by atoms with van der Waals surface area (Å²) in [6.07, 6.45) is 1.36. The van der Waals surface area contributed by atoms with E-state index in [1.807, 2.05) is 6.07 Å². The Kier molecular flexibility index (Phi) is 4.66. The zero-order chi connectivity index (χ0) is 15.4. The van der Waals surface area contributed by atoms with Crippen LogP contribution >= 0.6 is 11.6 Å². The van der Waals surface area contributed by atoms with Crippen molar-refractivity contribution < 1.29 is 14.7 Å². The van der Waals surface area contributed by atoms with Gasteiger partial charge >= 0.3 is 12.0 Å². The number of carbonyl (C=O) groups is 2. The zero-order valence-electron chi connectivity index (χ0n) is 11.2. The van der Waals surface area contributed by atoms with Crippen LogP contribution in [0.3, 0.4) is 0 Å². The van der Waals surface area contributed by atoms with E-state index in [2.05, 4.69) is 5.32 Å². The Labute approximate surface area is 126 Å². The van der Waals surface area contributed by atoms with Crippen LogP contribution in [0.4, 0.5) is 10.5 Å². The number of carbonyl (C=O) groups excluding carboxylic acids is 1. The molecule has 110 valence electrons. The van der Waals surface area contributed by atoms with E-state index >= 15 is 0 Å². The number of benzene rings is 1. The van der Waals surface area contributed by atoms with Gasteiger partial charge in [0.2, 0.25) is 0 Å². The van der Waals surface area contributed by atoms with Crippen molar-refractivity contribution in [3.8, 4) is 6.07 Å². The predicted octanol–water partition coefficient (Wildman–Crippen LogP) is 2.68. The largest absolute Gasteiger partial charge is 0.481 e. The number of hydrogen-bond donors (Lipinski definition) is 2. The topological polar surface area (TPSA) is 93.4 Å². The minimum absolute atomic E-state index is 0.0753. The van der Waals surface area contributed by atoms with Crippen molar-refractivity contribution >= 4 is 29.3 Å². The molecule has 0 saturated carbocycles. The van der Waals surface area contributed by atoms with Crippen LogP contribution in [-0.4, -0.2) is 34.6 Å². The molecule has 7 heteroatoms. The lowest BCUT2D eigenvalue weighted by atomic mass is 10.1. The van der Waals surface area contributed by atoms with Crippen LogP contribution in [0.15, 0.2) is 18.2 Å². The minimum atomic E-state index is -0.930. The number of carboxylic acids is 1. The molecule has 0 aliphatic carbocycles. The third-order valence-electron chi connectivity index (χ3n) is 3.39. The molecule has 0 bridgehead atoms. The number of anilines is 1. The third-order valence-corrected chi connectivity index (χ3v) is 3.63. The number of urea groups is 1. The van der Waals surface area contributed by atoms with Crippen LogP contribution in [0.1, 0.15) is 24.8 Å². The van der Waals surface area contributed by atoms with E-state index in [0.29, 0.717) is 29.2 Å². The molecule has 21 heavy (non-hydrogen) atoms. The van der Waals surface area contributed by atoms with Gasteiger partial charge in [0.05, 0.1) is 17.7 Å². The number of halogens is 1. The van der Waals surface area contributed by atoms with Crippen LogP contribution in [0.25, 0.3) is 0 Å². The molecule has 1 aliphatic heterocycles. The average molecular weight is 308 g/mol. The van der Waals surface area contributed by atoms with Gasteiger partial charge in [-0.25, -0.2) is 4.79 Å². The van der Waals surface area contributed by atoms with Gasteiger partial charge in [-0.2, -0.15) is 5.26 Å². The van der Waals surface area contributed by atoms with Gasteiger partial charge in [0.15, 0.2) is 0 Å². The number of nitrogens with zero attached hydrogens (tertiary/aromatic N) is 2. The molecule has 6 nitrogen and oxygen atoms in total. The summed E-state index contributed by atoms with van der Waals surface area (Å²) >= 11 is 5.86. The van der Waals surface area contributed by atoms with Crippen molar-refractivity contribution in [2.75, 3.05) is 11.9 Å². The maximum atomic E-state index is 12.3. The molecule has 1 heterocycles. The number of carboxylic acid groups (broad SMARTS) is 1. The number of hydrogen-bond acceptors (Lipinski definition) is 3. The van der Waals surface area contributed by atoms with Gasteiger partial charge in [-0.3, -0.25) is 4.79 Å². The fourth-order valence-electron chi connectivity index (χ4n) is 2.42. The Bertz CT molecular complexity index is 612. The average Bonchev–Trinajstić information content (AvgIpc) is 2.86. The van der Waals surface area contributed by atoms with Crippen molar-refractivity contribution in [3.05, 3.63) is 28.8 Å². The monoisotopic (exact) mass is 307 g/mol. The number of rotatable bonds is 3. The molecule has 1 fully saturated rings. The summed E-state index contributed by atoms with van der Waals surface area (Å²) in [7, 11) is 0. The highest BCUT2D eigenvalue weighted by Crippen LogP contribution is 2.24. The first-order chi connectivity index (χ1) is 10.0.